The van der Waals surface area contributed by atoms with E-state index < -0.39 is 17.6 Å². The highest BCUT2D eigenvalue weighted by molar-refractivity contribution is 7.99. The van der Waals surface area contributed by atoms with Gasteiger partial charge < -0.3 is 10.9 Å². The lowest BCUT2D eigenvalue weighted by molar-refractivity contribution is -0.137. The lowest BCUT2D eigenvalue weighted by Crippen LogP contribution is -2.20. The van der Waals surface area contributed by atoms with E-state index in [1.54, 1.807) is 6.07 Å². The smallest absolute Gasteiger partial charge is 0.409 e. The second kappa shape index (κ2) is 6.60. The number of thioether (sulfide) groups is 1. The third-order valence-corrected chi connectivity index (χ3v) is 4.87. The number of oxime groups is 1. The summed E-state index contributed by atoms with van der Waals surface area (Å²) in [7, 11) is 0. The Bertz CT molecular complexity index is 525. The standard InChI is InChI=1S/C14H17F3N2OS/c15-14(16,17)12-7-10(5-6-11(12)13(18)19-20)21-8-9-3-1-2-4-9/h5-7,9,20H,1-4,8H2,(H2,18,19). The first kappa shape index (κ1) is 16.0. The average Bonchev–Trinajstić information content (AvgIpc) is 2.96. The van der Waals surface area contributed by atoms with Crippen molar-refractivity contribution in [3.63, 3.8) is 0 Å². The maximum Gasteiger partial charge on any atom is 0.417 e. The Morgan fingerprint density at radius 2 is 2.00 bits per heavy atom. The number of benzene rings is 1. The van der Waals surface area contributed by atoms with E-state index in [9.17, 15) is 13.2 Å². The number of halogens is 3. The van der Waals surface area contributed by atoms with E-state index in [1.165, 1.54) is 30.7 Å². The molecule has 0 saturated heterocycles. The van der Waals surface area contributed by atoms with Crippen molar-refractivity contribution >= 4 is 17.6 Å². The Labute approximate surface area is 125 Å². The van der Waals surface area contributed by atoms with Crippen LogP contribution in [0, 0.1) is 5.92 Å². The van der Waals surface area contributed by atoms with Crippen molar-refractivity contribution in [2.45, 2.75) is 36.8 Å². The Balaban J connectivity index is 2.20. The highest BCUT2D eigenvalue weighted by Gasteiger charge is 2.34. The second-order valence-corrected chi connectivity index (χ2v) is 6.25. The number of amidine groups is 1. The van der Waals surface area contributed by atoms with E-state index in [4.69, 9.17) is 10.9 Å². The fourth-order valence-corrected chi connectivity index (χ4v) is 3.64. The molecule has 1 aromatic rings. The maximum absolute atomic E-state index is 13.1. The van der Waals surface area contributed by atoms with Crippen LogP contribution < -0.4 is 5.73 Å². The van der Waals surface area contributed by atoms with Gasteiger partial charge in [-0.3, -0.25) is 0 Å². The predicted octanol–water partition coefficient (Wildman–Crippen LogP) is 4.08. The van der Waals surface area contributed by atoms with Gasteiger partial charge in [-0.15, -0.1) is 11.8 Å². The number of nitrogens with two attached hydrogens (primary N) is 1. The van der Waals surface area contributed by atoms with Gasteiger partial charge in [-0.1, -0.05) is 18.0 Å². The van der Waals surface area contributed by atoms with Gasteiger partial charge in [0.25, 0.3) is 0 Å². The number of hydrogen-bond acceptors (Lipinski definition) is 3. The highest BCUT2D eigenvalue weighted by atomic mass is 32.2. The van der Waals surface area contributed by atoms with Crippen LogP contribution in [-0.4, -0.2) is 16.8 Å². The van der Waals surface area contributed by atoms with Crippen LogP contribution in [0.4, 0.5) is 13.2 Å². The third-order valence-electron chi connectivity index (χ3n) is 3.64. The fraction of sp³-hybridized carbons (Fsp3) is 0.500. The molecule has 2 rings (SSSR count). The molecule has 0 radical (unpaired) electrons. The van der Waals surface area contributed by atoms with E-state index in [-0.39, 0.29) is 5.56 Å². The lowest BCUT2D eigenvalue weighted by Gasteiger charge is -2.14. The zero-order valence-electron chi connectivity index (χ0n) is 11.4. The molecule has 1 fully saturated rings. The Hall–Kier alpha value is -1.37. The summed E-state index contributed by atoms with van der Waals surface area (Å²) < 4.78 is 39.2. The van der Waals surface area contributed by atoms with Gasteiger partial charge in [0.1, 0.15) is 0 Å². The molecule has 0 spiro atoms. The maximum atomic E-state index is 13.1. The molecule has 1 aromatic carbocycles. The first-order chi connectivity index (χ1) is 9.91. The van der Waals surface area contributed by atoms with Gasteiger partial charge in [0.15, 0.2) is 5.84 Å². The molecule has 1 aliphatic rings. The number of nitrogens with zero attached hydrogens (tertiary/aromatic N) is 1. The molecule has 0 heterocycles. The van der Waals surface area contributed by atoms with Crippen molar-refractivity contribution in [2.24, 2.45) is 16.8 Å². The van der Waals surface area contributed by atoms with Gasteiger partial charge in [-0.05, 0) is 37.0 Å². The minimum Gasteiger partial charge on any atom is -0.409 e. The van der Waals surface area contributed by atoms with Gasteiger partial charge in [0.2, 0.25) is 0 Å². The molecule has 0 unspecified atom stereocenters. The van der Waals surface area contributed by atoms with E-state index in [0.717, 1.165) is 24.7 Å². The summed E-state index contributed by atoms with van der Waals surface area (Å²) >= 11 is 1.43. The molecule has 0 amide bonds. The summed E-state index contributed by atoms with van der Waals surface area (Å²) in [5.74, 6) is 0.892. The van der Waals surface area contributed by atoms with Gasteiger partial charge in [0.05, 0.1) is 5.56 Å². The number of hydrogen-bond donors (Lipinski definition) is 2. The minimum absolute atomic E-state index is 0.296. The van der Waals surface area contributed by atoms with Crippen LogP contribution in [0.15, 0.2) is 28.3 Å². The van der Waals surface area contributed by atoms with Crippen LogP contribution in [-0.2, 0) is 6.18 Å². The summed E-state index contributed by atoms with van der Waals surface area (Å²) in [6.07, 6.45) is 0.195. The largest absolute Gasteiger partial charge is 0.417 e. The minimum atomic E-state index is -4.53. The molecule has 0 bridgehead atoms. The molecule has 116 valence electrons. The first-order valence-corrected chi connectivity index (χ1v) is 7.72. The Kier molecular flexibility index (Phi) is 5.03. The van der Waals surface area contributed by atoms with Crippen molar-refractivity contribution in [2.75, 3.05) is 5.75 Å². The van der Waals surface area contributed by atoms with Crippen molar-refractivity contribution in [3.05, 3.63) is 29.3 Å². The van der Waals surface area contributed by atoms with Crippen molar-refractivity contribution in [3.8, 4) is 0 Å². The van der Waals surface area contributed by atoms with E-state index >= 15 is 0 Å². The SMILES string of the molecule is NC(=NO)c1ccc(SCC2CCCC2)cc1C(F)(F)F. The zero-order chi connectivity index (χ0) is 15.5. The first-order valence-electron chi connectivity index (χ1n) is 6.73. The monoisotopic (exact) mass is 318 g/mol. The molecule has 3 nitrogen and oxygen atoms in total. The summed E-state index contributed by atoms with van der Waals surface area (Å²) in [5.41, 5.74) is 4.15. The van der Waals surface area contributed by atoms with Crippen LogP contribution in [0.3, 0.4) is 0 Å². The van der Waals surface area contributed by atoms with E-state index in [1.807, 2.05) is 0 Å². The fourth-order valence-electron chi connectivity index (χ4n) is 2.52. The summed E-state index contributed by atoms with van der Waals surface area (Å²) in [6, 6.07) is 3.92. The summed E-state index contributed by atoms with van der Waals surface area (Å²) in [5, 5.41) is 11.2. The van der Waals surface area contributed by atoms with Gasteiger partial charge >= 0.3 is 6.18 Å². The summed E-state index contributed by atoms with van der Waals surface area (Å²) in [4.78, 5) is 0.559. The molecule has 21 heavy (non-hydrogen) atoms. The van der Waals surface area contributed by atoms with E-state index in [2.05, 4.69) is 5.16 Å². The second-order valence-electron chi connectivity index (χ2n) is 5.15. The van der Waals surface area contributed by atoms with Gasteiger partial charge in [-0.2, -0.15) is 13.2 Å². The quantitative estimate of drug-likeness (QED) is 0.289. The van der Waals surface area contributed by atoms with Crippen LogP contribution in [0.2, 0.25) is 0 Å². The van der Waals surface area contributed by atoms with Gasteiger partial charge in [0, 0.05) is 16.2 Å². The van der Waals surface area contributed by atoms with Crippen LogP contribution in [0.5, 0.6) is 0 Å². The molecule has 3 N–H and O–H groups in total. The molecule has 0 aromatic heterocycles. The van der Waals surface area contributed by atoms with Crippen LogP contribution in [0.25, 0.3) is 0 Å². The normalized spacial score (nSPS) is 17.4. The van der Waals surface area contributed by atoms with Crippen LogP contribution in [0.1, 0.15) is 36.8 Å². The molecule has 0 atom stereocenters. The predicted molar refractivity (Wildman–Crippen MR) is 76.6 cm³/mol. The lowest BCUT2D eigenvalue weighted by atomic mass is 10.1. The molecule has 7 heteroatoms. The summed E-state index contributed by atoms with van der Waals surface area (Å²) in [6.45, 7) is 0. The van der Waals surface area contributed by atoms with Crippen molar-refractivity contribution in [1.82, 2.24) is 0 Å². The highest BCUT2D eigenvalue weighted by Crippen LogP contribution is 2.36. The molecule has 0 aliphatic heterocycles. The average molecular weight is 318 g/mol. The van der Waals surface area contributed by atoms with Crippen LogP contribution >= 0.6 is 11.8 Å². The zero-order valence-corrected chi connectivity index (χ0v) is 12.2. The molecular weight excluding hydrogens is 301 g/mol. The van der Waals surface area contributed by atoms with Crippen molar-refractivity contribution in [1.29, 1.82) is 0 Å². The molecule has 1 saturated carbocycles. The Morgan fingerprint density at radius 1 is 1.33 bits per heavy atom. The Morgan fingerprint density at radius 3 is 2.57 bits per heavy atom. The number of rotatable bonds is 4. The topological polar surface area (TPSA) is 58.6 Å². The molecular formula is C14H17F3N2OS. The van der Waals surface area contributed by atoms with Crippen molar-refractivity contribution < 1.29 is 18.4 Å². The number of alkyl halides is 3. The van der Waals surface area contributed by atoms with Gasteiger partial charge in [-0.25, -0.2) is 0 Å². The third kappa shape index (κ3) is 4.06. The molecule has 1 aliphatic carbocycles. The van der Waals surface area contributed by atoms with E-state index in [0.29, 0.717) is 10.8 Å².